The number of H-pyrrole nitrogens is 1. The first-order chi connectivity index (χ1) is 13.2. The SMILES string of the molecule is O=C(O)CCCSc1nc2c(Cc3cccc4ccccc34)cccc2[nH]1. The fourth-order valence-corrected chi connectivity index (χ4v) is 4.14. The second-order valence-corrected chi connectivity index (χ2v) is 7.60. The molecule has 4 nitrogen and oxygen atoms in total. The molecule has 0 spiro atoms. The van der Waals surface area contributed by atoms with Gasteiger partial charge < -0.3 is 10.1 Å². The van der Waals surface area contributed by atoms with Crippen LogP contribution >= 0.6 is 11.8 Å². The van der Waals surface area contributed by atoms with E-state index < -0.39 is 5.97 Å². The molecule has 0 radical (unpaired) electrons. The van der Waals surface area contributed by atoms with Crippen LogP contribution in [0.15, 0.2) is 65.8 Å². The number of fused-ring (bicyclic) bond motifs is 2. The summed E-state index contributed by atoms with van der Waals surface area (Å²) in [4.78, 5) is 18.7. The Labute approximate surface area is 161 Å². The Hall–Kier alpha value is -2.79. The number of aromatic nitrogens is 2. The average molecular weight is 376 g/mol. The number of hydrogen-bond acceptors (Lipinski definition) is 3. The Morgan fingerprint density at radius 3 is 2.67 bits per heavy atom. The molecule has 0 bridgehead atoms. The predicted molar refractivity (Wildman–Crippen MR) is 110 cm³/mol. The van der Waals surface area contributed by atoms with Gasteiger partial charge in [-0.15, -0.1) is 0 Å². The summed E-state index contributed by atoms with van der Waals surface area (Å²) < 4.78 is 0. The van der Waals surface area contributed by atoms with Crippen LogP contribution in [0.3, 0.4) is 0 Å². The first-order valence-corrected chi connectivity index (χ1v) is 9.98. The maximum Gasteiger partial charge on any atom is 0.303 e. The number of benzene rings is 3. The lowest BCUT2D eigenvalue weighted by Crippen LogP contribution is -1.94. The number of imidazole rings is 1. The number of para-hydroxylation sites is 1. The average Bonchev–Trinajstić information content (AvgIpc) is 3.09. The zero-order chi connectivity index (χ0) is 18.6. The van der Waals surface area contributed by atoms with Crippen LogP contribution in [0, 0.1) is 0 Å². The standard InChI is InChI=1S/C22H20N2O2S/c25-20(26)12-5-13-27-22-23-19-11-4-9-17(21(19)24-22)14-16-8-3-7-15-6-1-2-10-18(15)16/h1-4,6-11H,5,12-14H2,(H,23,24)(H,25,26). The van der Waals surface area contributed by atoms with Crippen molar-refractivity contribution in [1.82, 2.24) is 9.97 Å². The van der Waals surface area contributed by atoms with E-state index in [1.165, 1.54) is 21.9 Å². The van der Waals surface area contributed by atoms with E-state index in [4.69, 9.17) is 10.1 Å². The van der Waals surface area contributed by atoms with Crippen LogP contribution < -0.4 is 0 Å². The first kappa shape index (κ1) is 17.6. The third kappa shape index (κ3) is 3.98. The van der Waals surface area contributed by atoms with Crippen LogP contribution in [0.5, 0.6) is 0 Å². The number of nitrogens with zero attached hydrogens (tertiary/aromatic N) is 1. The molecule has 0 saturated carbocycles. The van der Waals surface area contributed by atoms with Crippen molar-refractivity contribution in [1.29, 1.82) is 0 Å². The molecule has 0 unspecified atom stereocenters. The highest BCUT2D eigenvalue weighted by atomic mass is 32.2. The molecule has 0 aliphatic carbocycles. The summed E-state index contributed by atoms with van der Waals surface area (Å²) in [5.41, 5.74) is 4.50. The Bertz CT molecular complexity index is 1100. The van der Waals surface area contributed by atoms with Crippen molar-refractivity contribution in [2.24, 2.45) is 0 Å². The van der Waals surface area contributed by atoms with Gasteiger partial charge in [0.25, 0.3) is 0 Å². The molecule has 1 heterocycles. The van der Waals surface area contributed by atoms with Crippen LogP contribution in [0.4, 0.5) is 0 Å². The first-order valence-electron chi connectivity index (χ1n) is 8.99. The quantitative estimate of drug-likeness (QED) is 0.341. The van der Waals surface area contributed by atoms with Gasteiger partial charge in [-0.05, 0) is 34.4 Å². The van der Waals surface area contributed by atoms with Crippen LogP contribution in [0.2, 0.25) is 0 Å². The van der Waals surface area contributed by atoms with Gasteiger partial charge >= 0.3 is 5.97 Å². The van der Waals surface area contributed by atoms with E-state index in [1.807, 2.05) is 6.07 Å². The molecule has 4 aromatic rings. The molecular weight excluding hydrogens is 356 g/mol. The molecule has 5 heteroatoms. The Balaban J connectivity index is 1.59. The maximum absolute atomic E-state index is 10.6. The van der Waals surface area contributed by atoms with E-state index in [0.29, 0.717) is 6.42 Å². The van der Waals surface area contributed by atoms with Crippen LogP contribution in [0.1, 0.15) is 24.0 Å². The van der Waals surface area contributed by atoms with E-state index in [0.717, 1.165) is 28.4 Å². The third-order valence-corrected chi connectivity index (χ3v) is 5.57. The molecule has 0 atom stereocenters. The van der Waals surface area contributed by atoms with E-state index in [2.05, 4.69) is 59.6 Å². The molecule has 0 amide bonds. The Kier molecular flexibility index (Phi) is 5.12. The van der Waals surface area contributed by atoms with Gasteiger partial charge in [0.05, 0.1) is 11.0 Å². The minimum atomic E-state index is -0.752. The zero-order valence-corrected chi connectivity index (χ0v) is 15.6. The molecule has 27 heavy (non-hydrogen) atoms. The van der Waals surface area contributed by atoms with Crippen LogP contribution in [-0.4, -0.2) is 26.8 Å². The van der Waals surface area contributed by atoms with Crippen molar-refractivity contribution in [3.05, 3.63) is 71.8 Å². The number of carbonyl (C=O) groups is 1. The van der Waals surface area contributed by atoms with Gasteiger partial charge in [0.15, 0.2) is 5.16 Å². The smallest absolute Gasteiger partial charge is 0.303 e. The number of aromatic amines is 1. The molecular formula is C22H20N2O2S. The summed E-state index contributed by atoms with van der Waals surface area (Å²) in [5.74, 6) is -0.0114. The van der Waals surface area contributed by atoms with Gasteiger partial charge in [-0.25, -0.2) is 4.98 Å². The van der Waals surface area contributed by atoms with Gasteiger partial charge in [0.2, 0.25) is 0 Å². The number of rotatable bonds is 7. The normalized spacial score (nSPS) is 11.3. The topological polar surface area (TPSA) is 66.0 Å². The molecule has 0 aliphatic heterocycles. The summed E-state index contributed by atoms with van der Waals surface area (Å²) in [7, 11) is 0. The zero-order valence-electron chi connectivity index (χ0n) is 14.8. The Morgan fingerprint density at radius 2 is 1.78 bits per heavy atom. The molecule has 1 aromatic heterocycles. The van der Waals surface area contributed by atoms with Gasteiger partial charge in [0, 0.05) is 18.6 Å². The lowest BCUT2D eigenvalue weighted by Gasteiger charge is -2.07. The minimum Gasteiger partial charge on any atom is -0.481 e. The number of aliphatic carboxylic acids is 1. The molecule has 2 N–H and O–H groups in total. The second-order valence-electron chi connectivity index (χ2n) is 6.52. The predicted octanol–water partition coefficient (Wildman–Crippen LogP) is 5.26. The Morgan fingerprint density at radius 1 is 1.00 bits per heavy atom. The molecule has 136 valence electrons. The van der Waals surface area contributed by atoms with Crippen LogP contribution in [-0.2, 0) is 11.2 Å². The van der Waals surface area contributed by atoms with Gasteiger partial charge in [-0.3, -0.25) is 4.79 Å². The molecule has 0 fully saturated rings. The number of hydrogen-bond donors (Lipinski definition) is 2. The highest BCUT2D eigenvalue weighted by molar-refractivity contribution is 7.99. The minimum absolute atomic E-state index is 0.194. The number of nitrogens with one attached hydrogen (secondary N) is 1. The van der Waals surface area contributed by atoms with E-state index in [1.54, 1.807) is 11.8 Å². The van der Waals surface area contributed by atoms with Crippen molar-refractivity contribution >= 4 is 39.5 Å². The third-order valence-electron chi connectivity index (χ3n) is 4.61. The molecule has 0 saturated heterocycles. The summed E-state index contributed by atoms with van der Waals surface area (Å²) in [6.45, 7) is 0. The fraction of sp³-hybridized carbons (Fsp3) is 0.182. The maximum atomic E-state index is 10.6. The fourth-order valence-electron chi connectivity index (χ4n) is 3.32. The van der Waals surface area contributed by atoms with Crippen molar-refractivity contribution in [3.63, 3.8) is 0 Å². The van der Waals surface area contributed by atoms with Crippen LogP contribution in [0.25, 0.3) is 21.8 Å². The van der Waals surface area contributed by atoms with E-state index in [9.17, 15) is 4.79 Å². The van der Waals surface area contributed by atoms with E-state index >= 15 is 0 Å². The highest BCUT2D eigenvalue weighted by Gasteiger charge is 2.10. The number of carboxylic acid groups (broad SMARTS) is 1. The lowest BCUT2D eigenvalue weighted by atomic mass is 9.98. The molecule has 4 rings (SSSR count). The van der Waals surface area contributed by atoms with Gasteiger partial charge in [-0.2, -0.15) is 0 Å². The highest BCUT2D eigenvalue weighted by Crippen LogP contribution is 2.27. The summed E-state index contributed by atoms with van der Waals surface area (Å²) >= 11 is 1.58. The summed E-state index contributed by atoms with van der Waals surface area (Å²) in [6, 6.07) is 21.1. The van der Waals surface area contributed by atoms with E-state index in [-0.39, 0.29) is 6.42 Å². The van der Waals surface area contributed by atoms with Gasteiger partial charge in [-0.1, -0.05) is 66.4 Å². The molecule has 0 aliphatic rings. The van der Waals surface area contributed by atoms with Crippen molar-refractivity contribution in [2.75, 3.05) is 5.75 Å². The van der Waals surface area contributed by atoms with Crippen molar-refractivity contribution in [2.45, 2.75) is 24.4 Å². The summed E-state index contributed by atoms with van der Waals surface area (Å²) in [5, 5.41) is 12.1. The number of thioether (sulfide) groups is 1. The van der Waals surface area contributed by atoms with Crippen molar-refractivity contribution < 1.29 is 9.90 Å². The lowest BCUT2D eigenvalue weighted by molar-refractivity contribution is -0.137. The second kappa shape index (κ2) is 7.84. The van der Waals surface area contributed by atoms with Gasteiger partial charge in [0.1, 0.15) is 0 Å². The largest absolute Gasteiger partial charge is 0.481 e. The number of carboxylic acids is 1. The molecule has 3 aromatic carbocycles. The summed E-state index contributed by atoms with van der Waals surface area (Å²) in [6.07, 6.45) is 1.66. The van der Waals surface area contributed by atoms with Crippen molar-refractivity contribution in [3.8, 4) is 0 Å². The monoisotopic (exact) mass is 376 g/mol.